The van der Waals surface area contributed by atoms with Gasteiger partial charge in [-0.2, -0.15) is 0 Å². The van der Waals surface area contributed by atoms with Crippen molar-refractivity contribution >= 4 is 12.3 Å². The smallest absolute Gasteiger partial charge is 0.106 e. The lowest BCUT2D eigenvalue weighted by Gasteiger charge is -1.96. The van der Waals surface area contributed by atoms with E-state index in [2.05, 4.69) is 41.6 Å². The van der Waals surface area contributed by atoms with Crippen LogP contribution in [-0.4, -0.2) is 13.3 Å². The maximum Gasteiger partial charge on any atom is 0.106 e. The fourth-order valence-corrected chi connectivity index (χ4v) is 2.01. The van der Waals surface area contributed by atoms with Gasteiger partial charge in [-0.05, 0) is 36.0 Å². The first kappa shape index (κ1) is 11.6. The van der Waals surface area contributed by atoms with Crippen LogP contribution in [0.2, 0.25) is 0 Å². The Morgan fingerprint density at radius 1 is 1.06 bits per heavy atom. The predicted octanol–water partition coefficient (Wildman–Crippen LogP) is 3.81. The van der Waals surface area contributed by atoms with Crippen LogP contribution in [0, 0.1) is 0 Å². The number of hydrogen-bond acceptors (Lipinski definition) is 2. The van der Waals surface area contributed by atoms with Gasteiger partial charge in [0.2, 0.25) is 0 Å². The first-order valence-electron chi connectivity index (χ1n) is 5.92. The first-order chi connectivity index (χ1) is 8.40. The van der Waals surface area contributed by atoms with E-state index in [4.69, 9.17) is 4.84 Å². The van der Waals surface area contributed by atoms with E-state index in [1.807, 2.05) is 12.3 Å². The van der Waals surface area contributed by atoms with Crippen LogP contribution in [0.25, 0.3) is 6.08 Å². The second-order valence-electron chi connectivity index (χ2n) is 4.07. The molecular weight excluding hydrogens is 210 g/mol. The zero-order chi connectivity index (χ0) is 11.9. The highest BCUT2D eigenvalue weighted by Gasteiger charge is 2.10. The van der Waals surface area contributed by atoms with Crippen molar-refractivity contribution in [1.29, 1.82) is 0 Å². The fraction of sp³-hybridized carbons (Fsp3) is 0.267. The molecule has 1 aliphatic rings. The van der Waals surface area contributed by atoms with E-state index in [1.165, 1.54) is 23.1 Å². The summed E-state index contributed by atoms with van der Waals surface area (Å²) >= 11 is 0. The molecule has 0 atom stereocenters. The molecule has 88 valence electrons. The van der Waals surface area contributed by atoms with Crippen LogP contribution in [-0.2, 0) is 4.84 Å². The third kappa shape index (κ3) is 3.31. The fourth-order valence-electron chi connectivity index (χ4n) is 2.01. The minimum absolute atomic E-state index is 1.10. The molecule has 0 saturated carbocycles. The Bertz CT molecular complexity index is 443. The largest absolute Gasteiger partial charge is 0.399 e. The number of allylic oxidation sites excluding steroid dienone is 3. The van der Waals surface area contributed by atoms with E-state index in [0.29, 0.717) is 0 Å². The lowest BCUT2D eigenvalue weighted by atomic mass is 10.1. The number of benzene rings is 1. The minimum Gasteiger partial charge on any atom is -0.399 e. The summed E-state index contributed by atoms with van der Waals surface area (Å²) < 4.78 is 0. The molecule has 0 aliphatic heterocycles. The molecule has 0 radical (unpaired) electrons. The lowest BCUT2D eigenvalue weighted by molar-refractivity contribution is 0.215. The Balaban J connectivity index is 2.12. The molecule has 0 amide bonds. The molecule has 0 N–H and O–H groups in total. The number of rotatable bonds is 4. The number of oxime groups is 1. The Hall–Kier alpha value is -1.83. The molecular formula is C15H17NO. The van der Waals surface area contributed by atoms with Crippen molar-refractivity contribution < 1.29 is 4.84 Å². The van der Waals surface area contributed by atoms with Crippen LogP contribution in [0.5, 0.6) is 0 Å². The molecule has 1 aromatic rings. The van der Waals surface area contributed by atoms with Crippen LogP contribution in [0.3, 0.4) is 0 Å². The molecule has 0 unspecified atom stereocenters. The molecule has 2 nitrogen and oxygen atoms in total. The molecule has 1 aromatic carbocycles. The molecule has 2 heteroatoms. The summed E-state index contributed by atoms with van der Waals surface area (Å²) in [5.74, 6) is 0. The van der Waals surface area contributed by atoms with Crippen molar-refractivity contribution in [2.24, 2.45) is 5.16 Å². The molecule has 0 saturated heterocycles. The summed E-state index contributed by atoms with van der Waals surface area (Å²) in [7, 11) is 1.57. The zero-order valence-corrected chi connectivity index (χ0v) is 10.1. The molecule has 0 spiro atoms. The van der Waals surface area contributed by atoms with Crippen molar-refractivity contribution in [2.45, 2.75) is 19.3 Å². The molecule has 1 aliphatic carbocycles. The quantitative estimate of drug-likeness (QED) is 0.566. The Kier molecular flexibility index (Phi) is 4.14. The topological polar surface area (TPSA) is 21.6 Å². The summed E-state index contributed by atoms with van der Waals surface area (Å²) in [6.45, 7) is 0. The normalized spacial score (nSPS) is 16.3. The molecule has 2 rings (SSSR count). The maximum atomic E-state index is 4.73. The molecule has 0 heterocycles. The average molecular weight is 227 g/mol. The van der Waals surface area contributed by atoms with Gasteiger partial charge in [0, 0.05) is 0 Å². The highest BCUT2D eigenvalue weighted by molar-refractivity contribution is 5.81. The number of hydrogen-bond donors (Lipinski definition) is 0. The van der Waals surface area contributed by atoms with Crippen LogP contribution in [0.1, 0.15) is 24.8 Å². The summed E-state index contributed by atoms with van der Waals surface area (Å²) in [6.07, 6.45) is 9.62. The van der Waals surface area contributed by atoms with Crippen molar-refractivity contribution in [3.63, 3.8) is 0 Å². The van der Waals surface area contributed by atoms with E-state index in [-0.39, 0.29) is 0 Å². The maximum absolute atomic E-state index is 4.73. The van der Waals surface area contributed by atoms with Crippen LogP contribution in [0.15, 0.2) is 52.7 Å². The minimum atomic E-state index is 1.10. The van der Waals surface area contributed by atoms with Gasteiger partial charge in [0.15, 0.2) is 0 Å². The third-order valence-electron chi connectivity index (χ3n) is 2.90. The van der Waals surface area contributed by atoms with Gasteiger partial charge in [0.05, 0.1) is 6.21 Å². The van der Waals surface area contributed by atoms with Gasteiger partial charge in [-0.1, -0.05) is 47.6 Å². The summed E-state index contributed by atoms with van der Waals surface area (Å²) in [6, 6.07) is 10.3. The van der Waals surface area contributed by atoms with E-state index < -0.39 is 0 Å². The Labute approximate surface area is 102 Å². The van der Waals surface area contributed by atoms with Gasteiger partial charge in [-0.25, -0.2) is 0 Å². The van der Waals surface area contributed by atoms with E-state index >= 15 is 0 Å². The van der Waals surface area contributed by atoms with Crippen molar-refractivity contribution in [2.75, 3.05) is 7.11 Å². The lowest BCUT2D eigenvalue weighted by Crippen LogP contribution is -1.84. The second kappa shape index (κ2) is 6.04. The van der Waals surface area contributed by atoms with Crippen molar-refractivity contribution in [3.8, 4) is 0 Å². The zero-order valence-electron chi connectivity index (χ0n) is 10.1. The monoisotopic (exact) mass is 227 g/mol. The van der Waals surface area contributed by atoms with Gasteiger partial charge >= 0.3 is 0 Å². The van der Waals surface area contributed by atoms with Gasteiger partial charge in [-0.15, -0.1) is 0 Å². The van der Waals surface area contributed by atoms with Crippen molar-refractivity contribution in [3.05, 3.63) is 53.1 Å². The Morgan fingerprint density at radius 3 is 2.59 bits per heavy atom. The second-order valence-corrected chi connectivity index (χ2v) is 4.07. The molecule has 0 fully saturated rings. The van der Waals surface area contributed by atoms with Crippen LogP contribution in [0.4, 0.5) is 0 Å². The summed E-state index contributed by atoms with van der Waals surface area (Å²) in [5.41, 5.74) is 3.89. The number of nitrogens with zero attached hydrogens (tertiary/aromatic N) is 1. The van der Waals surface area contributed by atoms with Gasteiger partial charge < -0.3 is 4.84 Å². The molecule has 0 aromatic heterocycles. The van der Waals surface area contributed by atoms with Crippen molar-refractivity contribution in [1.82, 2.24) is 0 Å². The molecule has 17 heavy (non-hydrogen) atoms. The third-order valence-corrected chi connectivity index (χ3v) is 2.90. The SMILES string of the molecule is CO/N=C/C1=C(/C=C/c2ccccc2)CCC1. The van der Waals surface area contributed by atoms with E-state index in [0.717, 1.165) is 12.8 Å². The summed E-state index contributed by atoms with van der Waals surface area (Å²) in [4.78, 5) is 4.73. The molecule has 0 bridgehead atoms. The van der Waals surface area contributed by atoms with Gasteiger partial charge in [-0.3, -0.25) is 0 Å². The average Bonchev–Trinajstić information content (AvgIpc) is 2.82. The van der Waals surface area contributed by atoms with Gasteiger partial charge in [0.25, 0.3) is 0 Å². The summed E-state index contributed by atoms with van der Waals surface area (Å²) in [5, 5.41) is 3.84. The standard InChI is InChI=1S/C15H17NO/c1-17-16-12-15-9-5-8-14(15)11-10-13-6-3-2-4-7-13/h2-4,6-7,10-12H,5,8-9H2,1H3/b11-10+,16-12+. The van der Waals surface area contributed by atoms with Crippen LogP contribution < -0.4 is 0 Å². The van der Waals surface area contributed by atoms with E-state index in [1.54, 1.807) is 7.11 Å². The highest BCUT2D eigenvalue weighted by atomic mass is 16.6. The van der Waals surface area contributed by atoms with E-state index in [9.17, 15) is 0 Å². The Morgan fingerprint density at radius 2 is 1.82 bits per heavy atom. The van der Waals surface area contributed by atoms with Crippen LogP contribution >= 0.6 is 0 Å². The first-order valence-corrected chi connectivity index (χ1v) is 5.92. The highest BCUT2D eigenvalue weighted by Crippen LogP contribution is 2.26. The predicted molar refractivity (Wildman–Crippen MR) is 71.9 cm³/mol. The van der Waals surface area contributed by atoms with Gasteiger partial charge in [0.1, 0.15) is 7.11 Å².